The first-order chi connectivity index (χ1) is 9.77. The molecule has 0 spiro atoms. The molecule has 1 saturated heterocycles. The molecule has 1 amide bonds. The van der Waals surface area contributed by atoms with Crippen LogP contribution in [-0.2, 0) is 14.8 Å². The van der Waals surface area contributed by atoms with Gasteiger partial charge in [0.15, 0.2) is 0 Å². The van der Waals surface area contributed by atoms with E-state index in [0.717, 1.165) is 0 Å². The van der Waals surface area contributed by atoms with Gasteiger partial charge in [-0.1, -0.05) is 23.2 Å². The van der Waals surface area contributed by atoms with Gasteiger partial charge in [-0.05, 0) is 12.1 Å². The predicted octanol–water partition coefficient (Wildman–Crippen LogP) is 1.34. The Morgan fingerprint density at radius 3 is 2.62 bits per heavy atom. The quantitative estimate of drug-likeness (QED) is 0.851. The number of phenolic OH excluding ortho intramolecular Hbond substituents is 1. The number of rotatable bonds is 4. The number of aromatic hydroxyl groups is 1. The van der Waals surface area contributed by atoms with Crippen LogP contribution in [-0.4, -0.2) is 47.7 Å². The van der Waals surface area contributed by atoms with Crippen molar-refractivity contribution in [3.63, 3.8) is 0 Å². The SMILES string of the molecule is O=C1CC(c2c(O)ccc(Cl)c2Cl)CN1S(=O)(=O)CCO. The second-order valence-corrected chi connectivity index (χ2v) is 7.46. The summed E-state index contributed by atoms with van der Waals surface area (Å²) in [6.07, 6.45) is -0.0989. The van der Waals surface area contributed by atoms with E-state index in [1.807, 2.05) is 0 Å². The monoisotopic (exact) mass is 353 g/mol. The molecule has 2 N–H and O–H groups in total. The van der Waals surface area contributed by atoms with E-state index in [1.54, 1.807) is 0 Å². The molecule has 1 aromatic carbocycles. The van der Waals surface area contributed by atoms with Gasteiger partial charge >= 0.3 is 0 Å². The van der Waals surface area contributed by atoms with Gasteiger partial charge in [0.05, 0.1) is 22.4 Å². The largest absolute Gasteiger partial charge is 0.508 e. The van der Waals surface area contributed by atoms with Crippen LogP contribution < -0.4 is 0 Å². The molecule has 2 rings (SSSR count). The molecule has 1 unspecified atom stereocenters. The minimum atomic E-state index is -3.86. The van der Waals surface area contributed by atoms with Crippen molar-refractivity contribution in [1.29, 1.82) is 0 Å². The molecule has 0 radical (unpaired) electrons. The number of hydrogen-bond acceptors (Lipinski definition) is 5. The Hall–Kier alpha value is -1.02. The standard InChI is InChI=1S/C12H13Cl2NO5S/c13-8-1-2-9(17)11(12(8)14)7-5-10(18)15(6-7)21(19,20)4-3-16/h1-2,7,16-17H,3-6H2. The van der Waals surface area contributed by atoms with Crippen molar-refractivity contribution in [2.24, 2.45) is 0 Å². The lowest BCUT2D eigenvalue weighted by Crippen LogP contribution is -2.35. The fourth-order valence-electron chi connectivity index (χ4n) is 2.31. The Labute approximate surface area is 131 Å². The van der Waals surface area contributed by atoms with Gasteiger partial charge in [0.2, 0.25) is 15.9 Å². The van der Waals surface area contributed by atoms with Crippen molar-refractivity contribution in [3.05, 3.63) is 27.7 Å². The summed E-state index contributed by atoms with van der Waals surface area (Å²) in [6, 6.07) is 2.76. The number of nitrogens with zero attached hydrogens (tertiary/aromatic N) is 1. The minimum absolute atomic E-state index is 0.0989. The molecule has 1 aliphatic rings. The first-order valence-corrected chi connectivity index (χ1v) is 8.45. The Balaban J connectivity index is 2.35. The summed E-state index contributed by atoms with van der Waals surface area (Å²) in [7, 11) is -3.86. The molecule has 0 bridgehead atoms. The highest BCUT2D eigenvalue weighted by Gasteiger charge is 2.39. The van der Waals surface area contributed by atoms with Crippen LogP contribution in [0.3, 0.4) is 0 Å². The molecule has 1 atom stereocenters. The zero-order valence-electron chi connectivity index (χ0n) is 10.8. The minimum Gasteiger partial charge on any atom is -0.508 e. The maximum absolute atomic E-state index is 11.9. The predicted molar refractivity (Wildman–Crippen MR) is 78.1 cm³/mol. The number of hydrogen-bond donors (Lipinski definition) is 2. The zero-order valence-corrected chi connectivity index (χ0v) is 13.1. The summed E-state index contributed by atoms with van der Waals surface area (Å²) in [4.78, 5) is 11.9. The molecule has 0 aliphatic carbocycles. The van der Waals surface area contributed by atoms with Crippen LogP contribution in [0.5, 0.6) is 5.75 Å². The molecular formula is C12H13Cl2NO5S. The van der Waals surface area contributed by atoms with E-state index in [4.69, 9.17) is 28.3 Å². The van der Waals surface area contributed by atoms with Gasteiger partial charge in [-0.2, -0.15) is 0 Å². The number of benzene rings is 1. The molecule has 6 nitrogen and oxygen atoms in total. The zero-order chi connectivity index (χ0) is 15.8. The highest BCUT2D eigenvalue weighted by atomic mass is 35.5. The number of carbonyl (C=O) groups excluding carboxylic acids is 1. The van der Waals surface area contributed by atoms with E-state index in [1.165, 1.54) is 12.1 Å². The van der Waals surface area contributed by atoms with Crippen LogP contribution >= 0.6 is 23.2 Å². The normalized spacial score (nSPS) is 19.3. The number of aliphatic hydroxyl groups excluding tert-OH is 1. The average molecular weight is 354 g/mol. The third-order valence-electron chi connectivity index (χ3n) is 3.29. The van der Waals surface area contributed by atoms with Crippen molar-refractivity contribution < 1.29 is 23.4 Å². The molecule has 0 aromatic heterocycles. The summed E-state index contributed by atoms with van der Waals surface area (Å²) < 4.78 is 24.5. The molecule has 1 heterocycles. The number of halogens is 2. The Bertz CT molecular complexity index is 676. The van der Waals surface area contributed by atoms with Gasteiger partial charge in [-0.3, -0.25) is 4.79 Å². The van der Waals surface area contributed by atoms with Crippen molar-refractivity contribution in [2.75, 3.05) is 18.9 Å². The number of amides is 1. The third-order valence-corrected chi connectivity index (χ3v) is 5.83. The van der Waals surface area contributed by atoms with Crippen molar-refractivity contribution >= 4 is 39.1 Å². The topological polar surface area (TPSA) is 94.9 Å². The number of sulfonamides is 1. The average Bonchev–Trinajstić information content (AvgIpc) is 2.77. The molecule has 21 heavy (non-hydrogen) atoms. The van der Waals surface area contributed by atoms with Crippen LogP contribution in [0.4, 0.5) is 0 Å². The van der Waals surface area contributed by atoms with Gasteiger partial charge in [0, 0.05) is 24.4 Å². The molecular weight excluding hydrogens is 341 g/mol. The molecule has 9 heteroatoms. The van der Waals surface area contributed by atoms with Gasteiger partial charge < -0.3 is 10.2 Å². The lowest BCUT2D eigenvalue weighted by molar-refractivity contribution is -0.123. The Morgan fingerprint density at radius 2 is 2.00 bits per heavy atom. The summed E-state index contributed by atoms with van der Waals surface area (Å²) >= 11 is 11.9. The molecule has 1 aliphatic heterocycles. The van der Waals surface area contributed by atoms with E-state index in [-0.39, 0.29) is 34.3 Å². The van der Waals surface area contributed by atoms with E-state index in [2.05, 4.69) is 0 Å². The van der Waals surface area contributed by atoms with Crippen LogP contribution in [0.2, 0.25) is 10.0 Å². The van der Waals surface area contributed by atoms with Gasteiger partial charge in [-0.15, -0.1) is 0 Å². The smallest absolute Gasteiger partial charge is 0.239 e. The number of phenols is 1. The molecule has 0 saturated carbocycles. The highest BCUT2D eigenvalue weighted by Crippen LogP contribution is 2.42. The lowest BCUT2D eigenvalue weighted by atomic mass is 9.97. The molecule has 116 valence electrons. The number of aliphatic hydroxyl groups is 1. The van der Waals surface area contributed by atoms with E-state index < -0.39 is 34.2 Å². The first kappa shape index (κ1) is 16.4. The molecule has 1 fully saturated rings. The lowest BCUT2D eigenvalue weighted by Gasteiger charge is -2.17. The maximum atomic E-state index is 11.9. The fraction of sp³-hybridized carbons (Fsp3) is 0.417. The van der Waals surface area contributed by atoms with Crippen LogP contribution in [0.15, 0.2) is 12.1 Å². The Morgan fingerprint density at radius 1 is 1.33 bits per heavy atom. The summed E-state index contributed by atoms with van der Waals surface area (Å²) in [5.74, 6) is -1.83. The summed E-state index contributed by atoms with van der Waals surface area (Å²) in [5.41, 5.74) is 0.263. The van der Waals surface area contributed by atoms with Crippen LogP contribution in [0, 0.1) is 0 Å². The van der Waals surface area contributed by atoms with Gasteiger partial charge in [0.1, 0.15) is 5.75 Å². The first-order valence-electron chi connectivity index (χ1n) is 6.09. The summed E-state index contributed by atoms with van der Waals surface area (Å²) in [6.45, 7) is -0.700. The second-order valence-electron chi connectivity index (χ2n) is 4.66. The summed E-state index contributed by atoms with van der Waals surface area (Å²) in [5, 5.41) is 19.0. The fourth-order valence-corrected chi connectivity index (χ4v) is 4.03. The maximum Gasteiger partial charge on any atom is 0.239 e. The van der Waals surface area contributed by atoms with E-state index in [9.17, 15) is 18.3 Å². The number of carbonyl (C=O) groups is 1. The van der Waals surface area contributed by atoms with Gasteiger partial charge in [0.25, 0.3) is 0 Å². The highest BCUT2D eigenvalue weighted by molar-refractivity contribution is 7.89. The van der Waals surface area contributed by atoms with E-state index >= 15 is 0 Å². The van der Waals surface area contributed by atoms with Crippen molar-refractivity contribution in [3.8, 4) is 5.75 Å². The van der Waals surface area contributed by atoms with Crippen molar-refractivity contribution in [2.45, 2.75) is 12.3 Å². The van der Waals surface area contributed by atoms with Crippen LogP contribution in [0.1, 0.15) is 17.9 Å². The Kier molecular flexibility index (Phi) is 4.67. The van der Waals surface area contributed by atoms with Crippen LogP contribution in [0.25, 0.3) is 0 Å². The molecule has 1 aromatic rings. The second kappa shape index (κ2) is 6.00. The van der Waals surface area contributed by atoms with Gasteiger partial charge in [-0.25, -0.2) is 12.7 Å². The van der Waals surface area contributed by atoms with Crippen molar-refractivity contribution in [1.82, 2.24) is 4.31 Å². The van der Waals surface area contributed by atoms with E-state index in [0.29, 0.717) is 4.31 Å². The third kappa shape index (κ3) is 3.11.